The largest absolute Gasteiger partial charge is 0.756 e. The lowest BCUT2D eigenvalue weighted by Crippen LogP contribution is -2.37. The molecule has 0 aliphatic rings. The zero-order valence-electron chi connectivity index (χ0n) is 54.4. The number of quaternary nitrogens is 1. The first-order chi connectivity index (χ1) is 40.5. The Labute approximate surface area is 512 Å². The molecule has 0 amide bonds. The van der Waals surface area contributed by atoms with E-state index in [0.717, 1.165) is 96.3 Å². The Kier molecular flexibility index (Phi) is 60.6. The first-order valence-corrected chi connectivity index (χ1v) is 35.6. The van der Waals surface area contributed by atoms with Crippen molar-refractivity contribution in [2.75, 3.05) is 47.5 Å². The Bertz CT molecular complexity index is 1770. The van der Waals surface area contributed by atoms with Crippen LogP contribution in [0.3, 0.4) is 0 Å². The van der Waals surface area contributed by atoms with Crippen LogP contribution in [-0.4, -0.2) is 70.0 Å². The van der Waals surface area contributed by atoms with Gasteiger partial charge in [-0.2, -0.15) is 0 Å². The number of unbranched alkanes of at least 4 members (excludes halogenated alkanes) is 30. The van der Waals surface area contributed by atoms with E-state index in [1.54, 1.807) is 0 Å². The molecule has 0 fully saturated rings. The van der Waals surface area contributed by atoms with Crippen LogP contribution in [0.4, 0.5) is 0 Å². The molecule has 0 rings (SSSR count). The first-order valence-electron chi connectivity index (χ1n) is 34.1. The zero-order valence-corrected chi connectivity index (χ0v) is 55.3. The van der Waals surface area contributed by atoms with Crippen molar-refractivity contribution in [3.63, 3.8) is 0 Å². The van der Waals surface area contributed by atoms with Crippen molar-refractivity contribution < 1.29 is 42.1 Å². The van der Waals surface area contributed by atoms with Crippen molar-refractivity contribution in [2.45, 2.75) is 296 Å². The van der Waals surface area contributed by atoms with E-state index in [1.807, 2.05) is 21.1 Å². The summed E-state index contributed by atoms with van der Waals surface area (Å²) in [6.07, 6.45) is 88.7. The van der Waals surface area contributed by atoms with Crippen molar-refractivity contribution in [3.05, 3.63) is 109 Å². The van der Waals surface area contributed by atoms with E-state index in [9.17, 15) is 19.0 Å². The third-order valence-electron chi connectivity index (χ3n) is 14.6. The summed E-state index contributed by atoms with van der Waals surface area (Å²) in [4.78, 5) is 38.0. The molecule has 0 radical (unpaired) electrons. The highest BCUT2D eigenvalue weighted by molar-refractivity contribution is 7.45. The van der Waals surface area contributed by atoms with E-state index < -0.39 is 26.5 Å². The van der Waals surface area contributed by atoms with Gasteiger partial charge in [0.2, 0.25) is 0 Å². The Morgan fingerprint density at radius 3 is 1.02 bits per heavy atom. The van der Waals surface area contributed by atoms with Crippen LogP contribution in [0, 0.1) is 0 Å². The van der Waals surface area contributed by atoms with Gasteiger partial charge in [-0.3, -0.25) is 14.2 Å². The molecule has 0 saturated heterocycles. The highest BCUT2D eigenvalue weighted by atomic mass is 31.2. The SMILES string of the molecule is CC/C=C\C/C=C\C/C=C\C/C=C\C/C=C\C/C=C\C/C=C\C/C=C\C/C=C\CCCCCCCCCCCCCCCC(=O)OC(COC(=O)CCCCCCCCCCCCCCCCCCCC)COP(=O)([O-])OCC[N+](C)(C)C. The number of phosphoric ester groups is 1. The summed E-state index contributed by atoms with van der Waals surface area (Å²) in [5, 5.41) is 0. The van der Waals surface area contributed by atoms with Gasteiger partial charge in [-0.15, -0.1) is 0 Å². The zero-order chi connectivity index (χ0) is 60.5. The first kappa shape index (κ1) is 79.7. The molecule has 0 aromatic heterocycles. The quantitative estimate of drug-likeness (QED) is 0.0195. The van der Waals surface area contributed by atoms with E-state index >= 15 is 0 Å². The lowest BCUT2D eigenvalue weighted by molar-refractivity contribution is -0.870. The van der Waals surface area contributed by atoms with Crippen LogP contribution >= 0.6 is 7.82 Å². The van der Waals surface area contributed by atoms with Crippen molar-refractivity contribution in [3.8, 4) is 0 Å². The van der Waals surface area contributed by atoms with Crippen LogP contribution in [0.25, 0.3) is 0 Å². The topological polar surface area (TPSA) is 111 Å². The third-order valence-corrected chi connectivity index (χ3v) is 15.5. The number of hydrogen-bond donors (Lipinski definition) is 0. The Morgan fingerprint density at radius 2 is 0.687 bits per heavy atom. The second kappa shape index (κ2) is 63.2. The van der Waals surface area contributed by atoms with Crippen LogP contribution < -0.4 is 4.89 Å². The molecule has 9 nitrogen and oxygen atoms in total. The van der Waals surface area contributed by atoms with Crippen molar-refractivity contribution >= 4 is 19.8 Å². The third kappa shape index (κ3) is 67.7. The second-order valence-electron chi connectivity index (χ2n) is 23.8. The number of rotatable bonds is 62. The average Bonchev–Trinajstić information content (AvgIpc) is 3.48. The molecular weight excluding hydrogens is 1050 g/mol. The number of ether oxygens (including phenoxy) is 2. The van der Waals surface area contributed by atoms with E-state index in [2.05, 4.69) is 123 Å². The predicted molar refractivity (Wildman–Crippen MR) is 355 cm³/mol. The summed E-state index contributed by atoms with van der Waals surface area (Å²) < 4.78 is 34.3. The fraction of sp³-hybridized carbons (Fsp3) is 0.726. The minimum Gasteiger partial charge on any atom is -0.756 e. The van der Waals surface area contributed by atoms with Gasteiger partial charge < -0.3 is 27.9 Å². The Hall–Kier alpha value is -3.33. The highest BCUT2D eigenvalue weighted by Crippen LogP contribution is 2.38. The van der Waals surface area contributed by atoms with Crippen LogP contribution in [0.1, 0.15) is 290 Å². The van der Waals surface area contributed by atoms with E-state index in [-0.39, 0.29) is 32.0 Å². The normalized spacial score (nSPS) is 13.9. The number of allylic oxidation sites excluding steroid dienone is 18. The lowest BCUT2D eigenvalue weighted by Gasteiger charge is -2.28. The fourth-order valence-electron chi connectivity index (χ4n) is 9.36. The molecular formula is C73H128NO8P. The molecule has 0 aromatic carbocycles. The smallest absolute Gasteiger partial charge is 0.306 e. The number of phosphoric acid groups is 1. The number of likely N-dealkylation sites (N-methyl/N-ethyl adjacent to an activating group) is 1. The Morgan fingerprint density at radius 1 is 0.386 bits per heavy atom. The van der Waals surface area contributed by atoms with Gasteiger partial charge in [0.05, 0.1) is 27.7 Å². The molecule has 0 saturated carbocycles. The molecule has 0 N–H and O–H groups in total. The van der Waals surface area contributed by atoms with Gasteiger partial charge >= 0.3 is 11.9 Å². The number of nitrogens with zero attached hydrogens (tertiary/aromatic N) is 1. The maximum absolute atomic E-state index is 12.8. The van der Waals surface area contributed by atoms with Crippen LogP contribution in [0.2, 0.25) is 0 Å². The van der Waals surface area contributed by atoms with Gasteiger partial charge in [-0.25, -0.2) is 0 Å². The van der Waals surface area contributed by atoms with Crippen molar-refractivity contribution in [2.24, 2.45) is 0 Å². The standard InChI is InChI=1S/C73H128NO8P/c1-6-8-10-12-14-16-18-20-22-24-26-27-28-29-30-31-32-33-34-35-36-37-38-39-40-41-42-43-44-45-46-47-48-50-52-54-56-58-60-62-64-66-73(76)82-71(70-81-83(77,78)80-68-67-74(3,4)5)69-79-72(75)65-63-61-59-57-55-53-51-49-25-23-21-19-17-15-13-11-9-7-2/h8,10,14,16,20,22,26-27,29-30,32-33,35-36,38-39,41-42,71H,6-7,9,11-13,15,17-19,21,23-25,28,31,34,37,40,43-70H2,1-5H3/b10-8-,16-14-,22-20-,27-26-,30-29-,33-32-,36-35-,39-38-,42-41-. The molecule has 2 atom stereocenters. The van der Waals surface area contributed by atoms with Gasteiger partial charge in [-0.05, 0) is 83.5 Å². The van der Waals surface area contributed by atoms with Crippen LogP contribution in [-0.2, 0) is 32.7 Å². The van der Waals surface area contributed by atoms with Crippen LogP contribution in [0.15, 0.2) is 109 Å². The minimum atomic E-state index is -4.64. The van der Waals surface area contributed by atoms with Gasteiger partial charge in [0.1, 0.15) is 19.8 Å². The molecule has 0 spiro atoms. The molecule has 0 aliphatic carbocycles. The van der Waals surface area contributed by atoms with Crippen molar-refractivity contribution in [1.82, 2.24) is 0 Å². The molecule has 478 valence electrons. The van der Waals surface area contributed by atoms with E-state index in [0.29, 0.717) is 17.4 Å². The summed E-state index contributed by atoms with van der Waals surface area (Å²) in [5.41, 5.74) is 0. The number of esters is 2. The number of carbonyl (C=O) groups excluding carboxylic acids is 2. The number of carbonyl (C=O) groups is 2. The average molecular weight is 1180 g/mol. The summed E-state index contributed by atoms with van der Waals surface area (Å²) >= 11 is 0. The molecule has 10 heteroatoms. The highest BCUT2D eigenvalue weighted by Gasteiger charge is 2.22. The molecule has 0 heterocycles. The van der Waals surface area contributed by atoms with Gasteiger partial charge in [0, 0.05) is 12.8 Å². The summed E-state index contributed by atoms with van der Waals surface area (Å²) in [6, 6.07) is 0. The van der Waals surface area contributed by atoms with Gasteiger partial charge in [-0.1, -0.05) is 303 Å². The summed E-state index contributed by atoms with van der Waals surface area (Å²) in [5.74, 6) is -0.827. The van der Waals surface area contributed by atoms with Crippen LogP contribution in [0.5, 0.6) is 0 Å². The molecule has 0 bridgehead atoms. The van der Waals surface area contributed by atoms with Crippen molar-refractivity contribution in [1.29, 1.82) is 0 Å². The maximum atomic E-state index is 12.8. The second-order valence-corrected chi connectivity index (χ2v) is 25.2. The fourth-order valence-corrected chi connectivity index (χ4v) is 10.1. The molecule has 0 aliphatic heterocycles. The van der Waals surface area contributed by atoms with Gasteiger partial charge in [0.15, 0.2) is 6.10 Å². The minimum absolute atomic E-state index is 0.0327. The van der Waals surface area contributed by atoms with E-state index in [4.69, 9.17) is 18.5 Å². The predicted octanol–water partition coefficient (Wildman–Crippen LogP) is 21.5. The van der Waals surface area contributed by atoms with Gasteiger partial charge in [0.25, 0.3) is 7.82 Å². The maximum Gasteiger partial charge on any atom is 0.306 e. The molecule has 2 unspecified atom stereocenters. The summed E-state index contributed by atoms with van der Waals surface area (Å²) in [7, 11) is 1.17. The molecule has 83 heavy (non-hydrogen) atoms. The monoisotopic (exact) mass is 1180 g/mol. The van der Waals surface area contributed by atoms with E-state index in [1.165, 1.54) is 161 Å². The molecule has 0 aromatic rings. The Balaban J connectivity index is 4.03. The summed E-state index contributed by atoms with van der Waals surface area (Å²) in [6.45, 7) is 4.15. The number of hydrogen-bond acceptors (Lipinski definition) is 8. The lowest BCUT2D eigenvalue weighted by atomic mass is 10.0.